The molecule has 0 bridgehead atoms. The maximum atomic E-state index is 11.3. The Morgan fingerprint density at radius 2 is 2.06 bits per heavy atom. The summed E-state index contributed by atoms with van der Waals surface area (Å²) in [4.78, 5) is 2.22. The Kier molecular flexibility index (Phi) is 5.17. The maximum absolute atomic E-state index is 11.3. The van der Waals surface area contributed by atoms with Crippen molar-refractivity contribution in [3.05, 3.63) is 22.4 Å². The fourth-order valence-corrected chi connectivity index (χ4v) is 3.98. The number of hydrogen-bond acceptors (Lipinski definition) is 5. The maximum Gasteiger partial charge on any atom is 0.152 e. The van der Waals surface area contributed by atoms with E-state index in [-0.39, 0.29) is 0 Å². The van der Waals surface area contributed by atoms with Gasteiger partial charge in [0, 0.05) is 26.2 Å². The van der Waals surface area contributed by atoms with E-state index in [1.165, 1.54) is 5.56 Å². The van der Waals surface area contributed by atoms with Crippen molar-refractivity contribution in [3.63, 3.8) is 0 Å². The van der Waals surface area contributed by atoms with E-state index in [0.717, 1.165) is 26.1 Å². The van der Waals surface area contributed by atoms with Crippen LogP contribution < -0.4 is 5.32 Å². The normalized spacial score (nSPS) is 20.0. The highest BCUT2D eigenvalue weighted by molar-refractivity contribution is 7.91. The largest absolute Gasteiger partial charge is 0.315 e. The molecular weight excluding hydrogens is 268 g/mol. The van der Waals surface area contributed by atoms with Gasteiger partial charge in [-0.3, -0.25) is 0 Å². The predicted molar refractivity (Wildman–Crippen MR) is 76.0 cm³/mol. The highest BCUT2D eigenvalue weighted by Crippen LogP contribution is 2.05. The molecule has 0 saturated carbocycles. The van der Waals surface area contributed by atoms with Gasteiger partial charge in [-0.1, -0.05) is 0 Å². The molecule has 102 valence electrons. The van der Waals surface area contributed by atoms with Crippen molar-refractivity contribution in [1.29, 1.82) is 0 Å². The van der Waals surface area contributed by atoms with Crippen LogP contribution in [0.5, 0.6) is 0 Å². The molecule has 0 spiro atoms. The van der Waals surface area contributed by atoms with Gasteiger partial charge >= 0.3 is 0 Å². The van der Waals surface area contributed by atoms with E-state index in [4.69, 9.17) is 0 Å². The van der Waals surface area contributed by atoms with Gasteiger partial charge in [0.15, 0.2) is 9.84 Å². The van der Waals surface area contributed by atoms with Crippen LogP contribution >= 0.6 is 11.3 Å². The molecule has 0 aliphatic carbocycles. The molecule has 1 aromatic rings. The van der Waals surface area contributed by atoms with Crippen molar-refractivity contribution in [1.82, 2.24) is 10.2 Å². The van der Waals surface area contributed by atoms with Crippen LogP contribution in [0.4, 0.5) is 0 Å². The number of sulfone groups is 1. The minimum absolute atomic E-state index is 0.321. The summed E-state index contributed by atoms with van der Waals surface area (Å²) >= 11 is 1.73. The molecule has 0 aromatic carbocycles. The van der Waals surface area contributed by atoms with Gasteiger partial charge < -0.3 is 10.2 Å². The zero-order valence-corrected chi connectivity index (χ0v) is 12.1. The van der Waals surface area contributed by atoms with E-state index in [9.17, 15) is 8.42 Å². The predicted octanol–water partition coefficient (Wildman–Crippen LogP) is 0.611. The van der Waals surface area contributed by atoms with Crippen molar-refractivity contribution in [3.8, 4) is 0 Å². The van der Waals surface area contributed by atoms with Crippen LogP contribution in [-0.4, -0.2) is 57.5 Å². The molecule has 0 atom stereocenters. The van der Waals surface area contributed by atoms with Crippen LogP contribution in [-0.2, 0) is 16.3 Å². The fraction of sp³-hybridized carbons (Fsp3) is 0.667. The summed E-state index contributed by atoms with van der Waals surface area (Å²) in [5, 5.41) is 7.68. The molecule has 1 N–H and O–H groups in total. The second-order valence-electron chi connectivity index (χ2n) is 4.63. The molecule has 1 aliphatic rings. The minimum atomic E-state index is -2.74. The van der Waals surface area contributed by atoms with Crippen molar-refractivity contribution < 1.29 is 8.42 Å². The SMILES string of the molecule is O=S1(=O)CCN(CCNCCc2ccsc2)CC1. The summed E-state index contributed by atoms with van der Waals surface area (Å²) in [5.74, 6) is 0.643. The van der Waals surface area contributed by atoms with Crippen molar-refractivity contribution >= 4 is 21.2 Å². The molecule has 1 fully saturated rings. The van der Waals surface area contributed by atoms with E-state index >= 15 is 0 Å². The Labute approximate surface area is 113 Å². The lowest BCUT2D eigenvalue weighted by atomic mass is 10.2. The number of hydrogen-bond donors (Lipinski definition) is 1. The summed E-state index contributed by atoms with van der Waals surface area (Å²) < 4.78 is 22.5. The molecule has 18 heavy (non-hydrogen) atoms. The first kappa shape index (κ1) is 14.0. The number of nitrogens with zero attached hydrogens (tertiary/aromatic N) is 1. The summed E-state index contributed by atoms with van der Waals surface area (Å²) in [6.45, 7) is 4.25. The van der Waals surface area contributed by atoms with E-state index in [1.807, 2.05) is 0 Å². The number of thiophene rings is 1. The third kappa shape index (κ3) is 4.68. The van der Waals surface area contributed by atoms with Gasteiger partial charge in [-0.05, 0) is 35.4 Å². The topological polar surface area (TPSA) is 49.4 Å². The van der Waals surface area contributed by atoms with Gasteiger partial charge in [0.1, 0.15) is 0 Å². The quantitative estimate of drug-likeness (QED) is 0.779. The van der Waals surface area contributed by atoms with Gasteiger partial charge in [0.25, 0.3) is 0 Å². The summed E-state index contributed by atoms with van der Waals surface area (Å²) in [5.41, 5.74) is 1.39. The summed E-state index contributed by atoms with van der Waals surface area (Å²) in [6, 6.07) is 2.15. The van der Waals surface area contributed by atoms with Crippen molar-refractivity contribution in [2.75, 3.05) is 44.2 Å². The Balaban J connectivity index is 1.54. The lowest BCUT2D eigenvalue weighted by Crippen LogP contribution is -2.43. The van der Waals surface area contributed by atoms with Crippen LogP contribution in [0, 0.1) is 0 Å². The van der Waals surface area contributed by atoms with Crippen LogP contribution in [0.2, 0.25) is 0 Å². The number of rotatable bonds is 6. The zero-order valence-electron chi connectivity index (χ0n) is 10.5. The second-order valence-corrected chi connectivity index (χ2v) is 7.71. The van der Waals surface area contributed by atoms with Crippen LogP contribution in [0.25, 0.3) is 0 Å². The van der Waals surface area contributed by atoms with E-state index in [2.05, 4.69) is 27.0 Å². The molecule has 0 amide bonds. The molecule has 4 nitrogen and oxygen atoms in total. The molecular formula is C12H20N2O2S2. The third-order valence-corrected chi connectivity index (χ3v) is 5.55. The number of nitrogens with one attached hydrogen (secondary N) is 1. The minimum Gasteiger partial charge on any atom is -0.315 e. The smallest absolute Gasteiger partial charge is 0.152 e. The Bertz CT molecular complexity index is 429. The molecule has 6 heteroatoms. The second kappa shape index (κ2) is 6.65. The van der Waals surface area contributed by atoms with Gasteiger partial charge in [0.2, 0.25) is 0 Å². The van der Waals surface area contributed by atoms with Crippen molar-refractivity contribution in [2.24, 2.45) is 0 Å². The molecule has 1 saturated heterocycles. The first-order chi connectivity index (χ1) is 8.66. The van der Waals surface area contributed by atoms with Crippen molar-refractivity contribution in [2.45, 2.75) is 6.42 Å². The molecule has 1 aromatic heterocycles. The molecule has 2 heterocycles. The third-order valence-electron chi connectivity index (χ3n) is 3.21. The Hall–Kier alpha value is -0.430. The summed E-state index contributed by atoms with van der Waals surface area (Å²) in [6.07, 6.45) is 1.07. The van der Waals surface area contributed by atoms with Crippen LogP contribution in [0.3, 0.4) is 0 Å². The van der Waals surface area contributed by atoms with E-state index in [0.29, 0.717) is 24.6 Å². The first-order valence-electron chi connectivity index (χ1n) is 6.30. The lowest BCUT2D eigenvalue weighted by molar-refractivity contribution is 0.295. The highest BCUT2D eigenvalue weighted by atomic mass is 32.2. The standard InChI is InChI=1S/C12H20N2O2S2/c15-18(16)9-6-14(7-10-18)5-4-13-3-1-12-2-8-17-11-12/h2,8,11,13H,1,3-7,9-10H2. The van der Waals surface area contributed by atoms with Crippen LogP contribution in [0.1, 0.15) is 5.56 Å². The van der Waals surface area contributed by atoms with Gasteiger partial charge in [-0.2, -0.15) is 11.3 Å². The Morgan fingerprint density at radius 3 is 2.72 bits per heavy atom. The fourth-order valence-electron chi connectivity index (χ4n) is 2.00. The monoisotopic (exact) mass is 288 g/mol. The first-order valence-corrected chi connectivity index (χ1v) is 9.07. The average Bonchev–Trinajstić information content (AvgIpc) is 2.84. The molecule has 1 aliphatic heterocycles. The molecule has 2 rings (SSSR count). The van der Waals surface area contributed by atoms with E-state index in [1.54, 1.807) is 11.3 Å². The average molecular weight is 288 g/mol. The van der Waals surface area contributed by atoms with Gasteiger partial charge in [0.05, 0.1) is 11.5 Å². The molecule has 0 unspecified atom stereocenters. The van der Waals surface area contributed by atoms with Gasteiger partial charge in [-0.15, -0.1) is 0 Å². The zero-order chi connectivity index (χ0) is 12.8. The molecule has 0 radical (unpaired) electrons. The van der Waals surface area contributed by atoms with Gasteiger partial charge in [-0.25, -0.2) is 8.42 Å². The van der Waals surface area contributed by atoms with E-state index < -0.39 is 9.84 Å². The van der Waals surface area contributed by atoms with Crippen LogP contribution in [0.15, 0.2) is 16.8 Å². The highest BCUT2D eigenvalue weighted by Gasteiger charge is 2.20. The summed E-state index contributed by atoms with van der Waals surface area (Å²) in [7, 11) is -2.74. The Morgan fingerprint density at radius 1 is 1.28 bits per heavy atom. The lowest BCUT2D eigenvalue weighted by Gasteiger charge is -2.26.